The molecule has 8 nitrogen and oxygen atoms in total. The first-order valence-corrected chi connectivity index (χ1v) is 9.98. The molecule has 1 aromatic heterocycles. The van der Waals surface area contributed by atoms with E-state index in [4.69, 9.17) is 11.6 Å². The summed E-state index contributed by atoms with van der Waals surface area (Å²) in [7, 11) is 1.75. The summed E-state index contributed by atoms with van der Waals surface area (Å²) in [6.45, 7) is 5.70. The number of piperazine rings is 1. The Morgan fingerprint density at radius 2 is 1.93 bits per heavy atom. The van der Waals surface area contributed by atoms with Crippen molar-refractivity contribution in [3.8, 4) is 0 Å². The van der Waals surface area contributed by atoms with Gasteiger partial charge in [-0.2, -0.15) is 0 Å². The number of halogens is 1. The van der Waals surface area contributed by atoms with E-state index in [9.17, 15) is 4.79 Å². The fourth-order valence-corrected chi connectivity index (χ4v) is 3.41. The fourth-order valence-electron chi connectivity index (χ4n) is 3.13. The normalized spacial score (nSPS) is 14.7. The third kappa shape index (κ3) is 5.80. The maximum Gasteiger partial charge on any atom is 0.226 e. The molecule has 1 fully saturated rings. The average Bonchev–Trinajstić information content (AvgIpc) is 2.74. The van der Waals surface area contributed by atoms with Gasteiger partial charge in [0, 0.05) is 58.6 Å². The van der Waals surface area contributed by atoms with Crippen LogP contribution in [-0.2, 0) is 4.79 Å². The van der Waals surface area contributed by atoms with Crippen molar-refractivity contribution in [1.29, 1.82) is 0 Å². The summed E-state index contributed by atoms with van der Waals surface area (Å²) in [5.41, 5.74) is 1.68. The number of nitrogens with one attached hydrogen (secondary N) is 2. The van der Waals surface area contributed by atoms with Crippen LogP contribution < -0.4 is 15.5 Å². The predicted octanol–water partition coefficient (Wildman–Crippen LogP) is 2.16. The minimum Gasteiger partial charge on any atom is -0.356 e. The lowest BCUT2D eigenvalue weighted by molar-refractivity contribution is -0.116. The molecule has 3 rings (SSSR count). The lowest BCUT2D eigenvalue weighted by atomic mass is 10.2. The number of aryl methyl sites for hydroxylation is 1. The first kappa shape index (κ1) is 20.9. The van der Waals surface area contributed by atoms with Gasteiger partial charge in [-0.05, 0) is 30.7 Å². The van der Waals surface area contributed by atoms with E-state index in [2.05, 4.69) is 35.4 Å². The maximum atomic E-state index is 12.2. The van der Waals surface area contributed by atoms with Crippen molar-refractivity contribution in [2.24, 2.45) is 4.99 Å². The smallest absolute Gasteiger partial charge is 0.226 e. The summed E-state index contributed by atoms with van der Waals surface area (Å²) in [4.78, 5) is 29.5. The van der Waals surface area contributed by atoms with Crippen LogP contribution in [0.25, 0.3) is 0 Å². The molecule has 0 saturated carbocycles. The van der Waals surface area contributed by atoms with Crippen molar-refractivity contribution in [3.63, 3.8) is 0 Å². The van der Waals surface area contributed by atoms with E-state index in [1.54, 1.807) is 19.4 Å². The molecule has 2 N–H and O–H groups in total. The Balaban J connectivity index is 1.43. The van der Waals surface area contributed by atoms with Gasteiger partial charge in [0.05, 0.1) is 10.7 Å². The highest BCUT2D eigenvalue weighted by Gasteiger charge is 2.21. The van der Waals surface area contributed by atoms with Crippen LogP contribution in [0.5, 0.6) is 0 Å². The number of hydrogen-bond acceptors (Lipinski definition) is 5. The van der Waals surface area contributed by atoms with E-state index in [-0.39, 0.29) is 5.91 Å². The second-order valence-electron chi connectivity index (χ2n) is 6.78. The molecule has 1 aromatic carbocycles. The average molecular weight is 416 g/mol. The molecule has 2 aromatic rings. The van der Waals surface area contributed by atoms with Gasteiger partial charge in [-0.25, -0.2) is 9.97 Å². The summed E-state index contributed by atoms with van der Waals surface area (Å²) < 4.78 is 0. The Morgan fingerprint density at radius 1 is 1.21 bits per heavy atom. The Kier molecular flexibility index (Phi) is 7.24. The largest absolute Gasteiger partial charge is 0.356 e. The molecular formula is C20H26ClN7O. The summed E-state index contributed by atoms with van der Waals surface area (Å²) in [5.74, 6) is 1.45. The highest BCUT2D eigenvalue weighted by Crippen LogP contribution is 2.22. The summed E-state index contributed by atoms with van der Waals surface area (Å²) in [5, 5.41) is 6.66. The molecule has 0 bridgehead atoms. The van der Waals surface area contributed by atoms with Crippen LogP contribution in [0.2, 0.25) is 5.02 Å². The van der Waals surface area contributed by atoms with Crippen LogP contribution in [0.4, 0.5) is 11.6 Å². The zero-order chi connectivity index (χ0) is 20.6. The van der Waals surface area contributed by atoms with Gasteiger partial charge < -0.3 is 20.4 Å². The SMILES string of the molecule is CN=C(NCCC(=O)Nc1ccc(C)cc1Cl)N1CCN(c2ncccn2)CC1. The van der Waals surface area contributed by atoms with Crippen molar-refractivity contribution in [2.75, 3.05) is 50.0 Å². The number of aromatic nitrogens is 2. The number of anilines is 2. The van der Waals surface area contributed by atoms with Gasteiger partial charge in [-0.1, -0.05) is 17.7 Å². The van der Waals surface area contributed by atoms with Gasteiger partial charge in [0.1, 0.15) is 0 Å². The second-order valence-corrected chi connectivity index (χ2v) is 7.19. The summed E-state index contributed by atoms with van der Waals surface area (Å²) in [6, 6.07) is 7.38. The Hall–Kier alpha value is -2.87. The first-order valence-electron chi connectivity index (χ1n) is 9.60. The van der Waals surface area contributed by atoms with Crippen molar-refractivity contribution in [1.82, 2.24) is 20.2 Å². The zero-order valence-electron chi connectivity index (χ0n) is 16.7. The van der Waals surface area contributed by atoms with Crippen LogP contribution in [-0.4, -0.2) is 66.5 Å². The standard InChI is InChI=1S/C20H26ClN7O/c1-15-4-5-17(16(21)14-15)26-18(29)6-9-25-19(22-2)27-10-12-28(13-11-27)20-23-7-3-8-24-20/h3-5,7-8,14H,6,9-13H2,1-2H3,(H,22,25)(H,26,29). The molecule has 29 heavy (non-hydrogen) atoms. The van der Waals surface area contributed by atoms with E-state index in [1.807, 2.05) is 31.2 Å². The predicted molar refractivity (Wildman–Crippen MR) is 117 cm³/mol. The molecule has 1 aliphatic rings. The molecule has 1 aliphatic heterocycles. The molecular weight excluding hydrogens is 390 g/mol. The van der Waals surface area contributed by atoms with Crippen LogP contribution in [0.3, 0.4) is 0 Å². The monoisotopic (exact) mass is 415 g/mol. The van der Waals surface area contributed by atoms with E-state index in [0.29, 0.717) is 23.7 Å². The minimum absolute atomic E-state index is 0.0928. The molecule has 0 unspecified atom stereocenters. The van der Waals surface area contributed by atoms with E-state index < -0.39 is 0 Å². The molecule has 9 heteroatoms. The third-order valence-corrected chi connectivity index (χ3v) is 4.97. The third-order valence-electron chi connectivity index (χ3n) is 4.66. The lowest BCUT2D eigenvalue weighted by Crippen LogP contribution is -2.53. The zero-order valence-corrected chi connectivity index (χ0v) is 17.5. The summed E-state index contributed by atoms with van der Waals surface area (Å²) >= 11 is 6.17. The first-order chi connectivity index (χ1) is 14.1. The van der Waals surface area contributed by atoms with Gasteiger partial charge in [0.2, 0.25) is 11.9 Å². The van der Waals surface area contributed by atoms with E-state index >= 15 is 0 Å². The van der Waals surface area contributed by atoms with E-state index in [1.165, 1.54) is 0 Å². The van der Waals surface area contributed by atoms with Crippen LogP contribution in [0.1, 0.15) is 12.0 Å². The molecule has 0 spiro atoms. The molecule has 154 valence electrons. The molecule has 0 aliphatic carbocycles. The molecule has 1 amide bonds. The number of aliphatic imine (C=N–C) groups is 1. The Morgan fingerprint density at radius 3 is 2.59 bits per heavy atom. The van der Waals surface area contributed by atoms with E-state index in [0.717, 1.165) is 43.7 Å². The molecule has 2 heterocycles. The number of guanidine groups is 1. The van der Waals surface area contributed by atoms with Crippen LogP contribution >= 0.6 is 11.6 Å². The van der Waals surface area contributed by atoms with Crippen LogP contribution in [0, 0.1) is 6.92 Å². The fraction of sp³-hybridized carbons (Fsp3) is 0.400. The number of carbonyl (C=O) groups is 1. The van der Waals surface area contributed by atoms with Crippen molar-refractivity contribution in [2.45, 2.75) is 13.3 Å². The number of nitrogens with zero attached hydrogens (tertiary/aromatic N) is 5. The van der Waals surface area contributed by atoms with Gasteiger partial charge in [-0.3, -0.25) is 9.79 Å². The number of rotatable bonds is 5. The lowest BCUT2D eigenvalue weighted by Gasteiger charge is -2.36. The van der Waals surface area contributed by atoms with Crippen LogP contribution in [0.15, 0.2) is 41.7 Å². The van der Waals surface area contributed by atoms with Crippen molar-refractivity contribution >= 4 is 35.1 Å². The highest BCUT2D eigenvalue weighted by atomic mass is 35.5. The van der Waals surface area contributed by atoms with Crippen molar-refractivity contribution < 1.29 is 4.79 Å². The second kappa shape index (κ2) is 10.1. The molecule has 0 atom stereocenters. The number of carbonyl (C=O) groups excluding carboxylic acids is 1. The summed E-state index contributed by atoms with van der Waals surface area (Å²) in [6.07, 6.45) is 3.83. The Labute approximate surface area is 176 Å². The highest BCUT2D eigenvalue weighted by molar-refractivity contribution is 6.33. The van der Waals surface area contributed by atoms with Gasteiger partial charge in [0.15, 0.2) is 5.96 Å². The topological polar surface area (TPSA) is 85.8 Å². The van der Waals surface area contributed by atoms with Gasteiger partial charge in [-0.15, -0.1) is 0 Å². The van der Waals surface area contributed by atoms with Crippen molar-refractivity contribution in [3.05, 3.63) is 47.2 Å². The van der Waals surface area contributed by atoms with Gasteiger partial charge >= 0.3 is 0 Å². The maximum absolute atomic E-state index is 12.2. The number of benzene rings is 1. The number of amides is 1. The number of hydrogen-bond donors (Lipinski definition) is 2. The van der Waals surface area contributed by atoms with Gasteiger partial charge in [0.25, 0.3) is 0 Å². The molecule has 0 radical (unpaired) electrons. The Bertz CT molecular complexity index is 851. The quantitative estimate of drug-likeness (QED) is 0.575. The minimum atomic E-state index is -0.0928. The molecule has 1 saturated heterocycles.